The molecule has 0 atom stereocenters. The first kappa shape index (κ1) is 18.3. The van der Waals surface area contributed by atoms with Crippen LogP contribution in [-0.2, 0) is 19.1 Å². The van der Waals surface area contributed by atoms with Crippen LogP contribution in [0.15, 0.2) is 12.2 Å². The van der Waals surface area contributed by atoms with Crippen molar-refractivity contribution in [2.75, 3.05) is 6.61 Å². The standard InChI is InChI=1S/C19H26F2O4/c1-11(4-16(22)24-10-18(2,20)21)17(23)25-19(3)14-6-12-5-13(8-14)9-15(19)7-12/h12-15H,1,4-10H2,2-3H3. The normalized spacial score (nSPS) is 36.2. The van der Waals surface area contributed by atoms with Gasteiger partial charge in [-0.3, -0.25) is 4.79 Å². The summed E-state index contributed by atoms with van der Waals surface area (Å²) in [6.07, 6.45) is 5.25. The lowest BCUT2D eigenvalue weighted by Crippen LogP contribution is -2.58. The molecule has 4 nitrogen and oxygen atoms in total. The van der Waals surface area contributed by atoms with Gasteiger partial charge < -0.3 is 9.47 Å². The predicted molar refractivity (Wildman–Crippen MR) is 86.9 cm³/mol. The van der Waals surface area contributed by atoms with Crippen molar-refractivity contribution in [1.29, 1.82) is 0 Å². The van der Waals surface area contributed by atoms with Crippen molar-refractivity contribution in [3.63, 3.8) is 0 Å². The highest BCUT2D eigenvalue weighted by molar-refractivity contribution is 5.93. The zero-order valence-corrected chi connectivity index (χ0v) is 14.9. The molecule has 0 aromatic heterocycles. The van der Waals surface area contributed by atoms with E-state index in [2.05, 4.69) is 11.3 Å². The van der Waals surface area contributed by atoms with E-state index >= 15 is 0 Å². The average molecular weight is 356 g/mol. The monoisotopic (exact) mass is 356 g/mol. The zero-order valence-electron chi connectivity index (χ0n) is 14.9. The summed E-state index contributed by atoms with van der Waals surface area (Å²) >= 11 is 0. The Labute approximate surface area is 146 Å². The summed E-state index contributed by atoms with van der Waals surface area (Å²) in [5.41, 5.74) is -0.548. The molecule has 4 saturated carbocycles. The molecule has 140 valence electrons. The number of rotatable bonds is 6. The average Bonchev–Trinajstić information content (AvgIpc) is 2.49. The van der Waals surface area contributed by atoms with Gasteiger partial charge in [-0.15, -0.1) is 0 Å². The van der Waals surface area contributed by atoms with E-state index in [1.807, 2.05) is 6.92 Å². The molecular weight excluding hydrogens is 330 g/mol. The molecule has 0 aromatic rings. The number of alkyl halides is 2. The Bertz CT molecular complexity index is 550. The van der Waals surface area contributed by atoms with Gasteiger partial charge in [0.05, 0.1) is 6.42 Å². The van der Waals surface area contributed by atoms with Gasteiger partial charge in [-0.05, 0) is 62.7 Å². The van der Waals surface area contributed by atoms with E-state index in [0.29, 0.717) is 18.8 Å². The Morgan fingerprint density at radius 2 is 1.64 bits per heavy atom. The molecule has 0 heterocycles. The third kappa shape index (κ3) is 3.87. The van der Waals surface area contributed by atoms with Crippen LogP contribution in [-0.4, -0.2) is 30.1 Å². The van der Waals surface area contributed by atoms with E-state index in [9.17, 15) is 18.4 Å². The predicted octanol–water partition coefficient (Wildman–Crippen LogP) is 3.89. The summed E-state index contributed by atoms with van der Waals surface area (Å²) in [6, 6.07) is 0. The minimum Gasteiger partial charge on any atom is -0.459 e. The van der Waals surface area contributed by atoms with Gasteiger partial charge in [0.15, 0.2) is 6.61 Å². The molecule has 4 bridgehead atoms. The molecular formula is C19H26F2O4. The number of carbonyl (C=O) groups is 2. The Hall–Kier alpha value is -1.46. The van der Waals surface area contributed by atoms with Gasteiger partial charge in [0.1, 0.15) is 5.60 Å². The van der Waals surface area contributed by atoms with Crippen molar-refractivity contribution in [2.24, 2.45) is 23.7 Å². The lowest BCUT2D eigenvalue weighted by molar-refractivity contribution is -0.199. The molecule has 0 radical (unpaired) electrons. The molecule has 0 unspecified atom stereocenters. The highest BCUT2D eigenvalue weighted by atomic mass is 19.3. The highest BCUT2D eigenvalue weighted by Crippen LogP contribution is 2.59. The minimum atomic E-state index is -3.09. The maximum Gasteiger partial charge on any atom is 0.334 e. The smallest absolute Gasteiger partial charge is 0.334 e. The van der Waals surface area contributed by atoms with Crippen molar-refractivity contribution < 1.29 is 27.8 Å². The fourth-order valence-corrected chi connectivity index (χ4v) is 5.06. The van der Waals surface area contributed by atoms with Crippen LogP contribution >= 0.6 is 0 Å². The zero-order chi connectivity index (χ0) is 18.4. The molecule has 6 heteroatoms. The largest absolute Gasteiger partial charge is 0.459 e. The van der Waals surface area contributed by atoms with Crippen LogP contribution < -0.4 is 0 Å². The van der Waals surface area contributed by atoms with Crippen LogP contribution in [0.5, 0.6) is 0 Å². The van der Waals surface area contributed by atoms with Crippen LogP contribution in [0.2, 0.25) is 0 Å². The Balaban J connectivity index is 1.55. The number of hydrogen-bond donors (Lipinski definition) is 0. The van der Waals surface area contributed by atoms with Gasteiger partial charge >= 0.3 is 11.9 Å². The second-order valence-corrected chi connectivity index (χ2v) is 8.39. The Morgan fingerprint density at radius 3 is 2.12 bits per heavy atom. The van der Waals surface area contributed by atoms with Crippen molar-refractivity contribution in [1.82, 2.24) is 0 Å². The van der Waals surface area contributed by atoms with Crippen molar-refractivity contribution in [3.8, 4) is 0 Å². The molecule has 0 saturated heterocycles. The van der Waals surface area contributed by atoms with Gasteiger partial charge in [-0.2, -0.15) is 0 Å². The maximum atomic E-state index is 12.7. The van der Waals surface area contributed by atoms with Crippen LogP contribution in [0, 0.1) is 23.7 Å². The third-order valence-corrected chi connectivity index (χ3v) is 6.20. The van der Waals surface area contributed by atoms with Crippen LogP contribution in [0.3, 0.4) is 0 Å². The molecule has 0 aromatic carbocycles. The van der Waals surface area contributed by atoms with Crippen LogP contribution in [0.1, 0.15) is 52.4 Å². The maximum absolute atomic E-state index is 12.7. The minimum absolute atomic E-state index is 0.0422. The number of halogens is 2. The van der Waals surface area contributed by atoms with Crippen molar-refractivity contribution >= 4 is 11.9 Å². The molecule has 25 heavy (non-hydrogen) atoms. The summed E-state index contributed by atoms with van der Waals surface area (Å²) in [5.74, 6) is -2.36. The topological polar surface area (TPSA) is 52.6 Å². The second kappa shape index (κ2) is 6.36. The first-order chi connectivity index (χ1) is 11.6. The van der Waals surface area contributed by atoms with Crippen molar-refractivity contribution in [2.45, 2.75) is 63.9 Å². The van der Waals surface area contributed by atoms with E-state index in [4.69, 9.17) is 4.74 Å². The van der Waals surface area contributed by atoms with E-state index in [-0.39, 0.29) is 5.57 Å². The van der Waals surface area contributed by atoms with Crippen molar-refractivity contribution in [3.05, 3.63) is 12.2 Å². The van der Waals surface area contributed by atoms with E-state index in [1.54, 1.807) is 0 Å². The molecule has 4 rings (SSSR count). The lowest BCUT2D eigenvalue weighted by atomic mass is 9.50. The summed E-state index contributed by atoms with van der Waals surface area (Å²) in [7, 11) is 0. The first-order valence-corrected chi connectivity index (χ1v) is 9.01. The van der Waals surface area contributed by atoms with Gasteiger partial charge in [0, 0.05) is 12.5 Å². The molecule has 4 aliphatic rings. The quantitative estimate of drug-likeness (QED) is 0.535. The summed E-state index contributed by atoms with van der Waals surface area (Å²) in [5, 5.41) is 0. The molecule has 4 fully saturated rings. The fourth-order valence-electron chi connectivity index (χ4n) is 5.06. The Kier molecular flexibility index (Phi) is 4.67. The number of esters is 2. The van der Waals surface area contributed by atoms with Gasteiger partial charge in [-0.25, -0.2) is 13.6 Å². The van der Waals surface area contributed by atoms with E-state index in [1.165, 1.54) is 6.42 Å². The third-order valence-electron chi connectivity index (χ3n) is 6.20. The summed E-state index contributed by atoms with van der Waals surface area (Å²) < 4.78 is 35.7. The lowest BCUT2D eigenvalue weighted by Gasteiger charge is -2.59. The number of carbonyl (C=O) groups excluding carboxylic acids is 2. The molecule has 0 aliphatic heterocycles. The van der Waals surface area contributed by atoms with Gasteiger partial charge in [-0.1, -0.05) is 6.58 Å². The number of hydrogen-bond acceptors (Lipinski definition) is 4. The van der Waals surface area contributed by atoms with Gasteiger partial charge in [0.25, 0.3) is 5.92 Å². The van der Waals surface area contributed by atoms with Crippen LogP contribution in [0.4, 0.5) is 8.78 Å². The first-order valence-electron chi connectivity index (χ1n) is 9.01. The molecule has 0 amide bonds. The SMILES string of the molecule is C=C(CC(=O)OCC(C)(F)F)C(=O)OC1(C)C2CC3CC(C2)CC1C3. The number of ether oxygens (including phenoxy) is 2. The Morgan fingerprint density at radius 1 is 1.12 bits per heavy atom. The van der Waals surface area contributed by atoms with E-state index < -0.39 is 36.5 Å². The molecule has 0 spiro atoms. The summed E-state index contributed by atoms with van der Waals surface area (Å²) in [4.78, 5) is 24.0. The second-order valence-electron chi connectivity index (χ2n) is 8.39. The van der Waals surface area contributed by atoms with E-state index in [0.717, 1.165) is 37.5 Å². The fraction of sp³-hybridized carbons (Fsp3) is 0.789. The highest BCUT2D eigenvalue weighted by Gasteiger charge is 2.57. The molecule has 4 aliphatic carbocycles. The summed E-state index contributed by atoms with van der Waals surface area (Å²) in [6.45, 7) is 5.25. The van der Waals surface area contributed by atoms with Gasteiger partial charge in [0.2, 0.25) is 0 Å². The van der Waals surface area contributed by atoms with Crippen LogP contribution in [0.25, 0.3) is 0 Å². The molecule has 0 N–H and O–H groups in total.